The SMILES string of the molecule is CCCN(CCN(C)C)Cc1csc(C(=O)NN)n1. The first kappa shape index (κ1) is 16.0. The lowest BCUT2D eigenvalue weighted by Gasteiger charge is -2.22. The number of carbonyl (C=O) groups excluding carboxylic acids is 1. The largest absolute Gasteiger partial charge is 0.308 e. The fraction of sp³-hybridized carbons (Fsp3) is 0.667. The van der Waals surface area contributed by atoms with E-state index >= 15 is 0 Å². The van der Waals surface area contributed by atoms with Crippen LogP contribution < -0.4 is 11.3 Å². The highest BCUT2D eigenvalue weighted by Gasteiger charge is 2.12. The van der Waals surface area contributed by atoms with Gasteiger partial charge in [0, 0.05) is 25.0 Å². The predicted octanol–water partition coefficient (Wildman–Crippen LogP) is 0.520. The number of amides is 1. The third kappa shape index (κ3) is 5.65. The molecule has 1 heterocycles. The predicted molar refractivity (Wildman–Crippen MR) is 77.9 cm³/mol. The molecule has 0 aliphatic carbocycles. The summed E-state index contributed by atoms with van der Waals surface area (Å²) in [5.74, 6) is 4.77. The van der Waals surface area contributed by atoms with Crippen LogP contribution in [-0.2, 0) is 6.54 Å². The molecule has 0 atom stereocenters. The summed E-state index contributed by atoms with van der Waals surface area (Å²) in [5, 5.41) is 2.34. The first-order valence-corrected chi connectivity index (χ1v) is 7.27. The third-order valence-corrected chi connectivity index (χ3v) is 3.56. The minimum atomic E-state index is -0.327. The molecule has 0 aliphatic heterocycles. The van der Waals surface area contributed by atoms with Crippen molar-refractivity contribution in [1.82, 2.24) is 20.2 Å². The Balaban J connectivity index is 2.57. The van der Waals surface area contributed by atoms with Gasteiger partial charge in [0.15, 0.2) is 5.01 Å². The van der Waals surface area contributed by atoms with Crippen LogP contribution in [0.15, 0.2) is 5.38 Å². The lowest BCUT2D eigenvalue weighted by atomic mass is 10.3. The molecule has 19 heavy (non-hydrogen) atoms. The minimum Gasteiger partial charge on any atom is -0.308 e. The number of nitrogens with zero attached hydrogens (tertiary/aromatic N) is 3. The number of hydrogen-bond acceptors (Lipinski definition) is 6. The summed E-state index contributed by atoms with van der Waals surface area (Å²) in [6.07, 6.45) is 1.10. The van der Waals surface area contributed by atoms with Crippen molar-refractivity contribution in [3.63, 3.8) is 0 Å². The topological polar surface area (TPSA) is 74.5 Å². The normalized spacial score (nSPS) is 11.3. The molecule has 0 aromatic carbocycles. The summed E-state index contributed by atoms with van der Waals surface area (Å²) < 4.78 is 0. The van der Waals surface area contributed by atoms with Gasteiger partial charge in [0.25, 0.3) is 5.91 Å². The number of likely N-dealkylation sites (N-methyl/N-ethyl adjacent to an activating group) is 1. The summed E-state index contributed by atoms with van der Waals surface area (Å²) in [6, 6.07) is 0. The number of aromatic nitrogens is 1. The molecule has 0 spiro atoms. The second kappa shape index (κ2) is 8.21. The molecule has 0 fully saturated rings. The zero-order valence-electron chi connectivity index (χ0n) is 11.8. The van der Waals surface area contributed by atoms with Gasteiger partial charge in [-0.05, 0) is 27.1 Å². The number of nitrogens with one attached hydrogen (secondary N) is 1. The van der Waals surface area contributed by atoms with Crippen LogP contribution in [0.4, 0.5) is 0 Å². The molecule has 108 valence electrons. The van der Waals surface area contributed by atoms with Gasteiger partial charge >= 0.3 is 0 Å². The number of nitrogens with two attached hydrogens (primary N) is 1. The standard InChI is InChI=1S/C12H23N5OS/c1-4-5-17(7-6-16(2)3)8-10-9-19-12(14-10)11(18)15-13/h9H,4-8,13H2,1-3H3,(H,15,18). The van der Waals surface area contributed by atoms with Crippen molar-refractivity contribution in [3.05, 3.63) is 16.1 Å². The summed E-state index contributed by atoms with van der Waals surface area (Å²) in [4.78, 5) is 20.2. The maximum Gasteiger partial charge on any atom is 0.294 e. The van der Waals surface area contributed by atoms with E-state index in [4.69, 9.17) is 5.84 Å². The molecule has 0 radical (unpaired) electrons. The van der Waals surface area contributed by atoms with Crippen molar-refractivity contribution in [2.75, 3.05) is 33.7 Å². The highest BCUT2D eigenvalue weighted by atomic mass is 32.1. The van der Waals surface area contributed by atoms with Crippen molar-refractivity contribution in [3.8, 4) is 0 Å². The fourth-order valence-electron chi connectivity index (χ4n) is 1.70. The Labute approximate surface area is 118 Å². The van der Waals surface area contributed by atoms with Crippen LogP contribution in [0.2, 0.25) is 0 Å². The van der Waals surface area contributed by atoms with Gasteiger partial charge in [-0.2, -0.15) is 0 Å². The van der Waals surface area contributed by atoms with Crippen LogP contribution in [0.25, 0.3) is 0 Å². The van der Waals surface area contributed by atoms with Gasteiger partial charge in [0.1, 0.15) is 0 Å². The van der Waals surface area contributed by atoms with Gasteiger partial charge in [-0.1, -0.05) is 6.92 Å². The summed E-state index contributed by atoms with van der Waals surface area (Å²) in [5.41, 5.74) is 3.03. The van der Waals surface area contributed by atoms with E-state index in [2.05, 4.69) is 41.2 Å². The highest BCUT2D eigenvalue weighted by molar-refractivity contribution is 7.11. The lowest BCUT2D eigenvalue weighted by molar-refractivity contribution is 0.0953. The first-order chi connectivity index (χ1) is 9.06. The molecule has 0 unspecified atom stereocenters. The highest BCUT2D eigenvalue weighted by Crippen LogP contribution is 2.12. The van der Waals surface area contributed by atoms with Gasteiger partial charge in [-0.3, -0.25) is 15.1 Å². The Morgan fingerprint density at radius 1 is 1.42 bits per heavy atom. The van der Waals surface area contributed by atoms with E-state index < -0.39 is 0 Å². The van der Waals surface area contributed by atoms with Crippen LogP contribution in [0.5, 0.6) is 0 Å². The molecule has 1 rings (SSSR count). The van der Waals surface area contributed by atoms with E-state index in [1.54, 1.807) is 0 Å². The second-order valence-electron chi connectivity index (χ2n) is 4.70. The smallest absolute Gasteiger partial charge is 0.294 e. The van der Waals surface area contributed by atoms with Crippen LogP contribution in [0, 0.1) is 0 Å². The molecule has 1 aromatic heterocycles. The Hall–Kier alpha value is -1.02. The van der Waals surface area contributed by atoms with Gasteiger partial charge < -0.3 is 4.90 Å². The van der Waals surface area contributed by atoms with Crippen molar-refractivity contribution >= 4 is 17.2 Å². The molecule has 0 saturated carbocycles. The van der Waals surface area contributed by atoms with Crippen molar-refractivity contribution in [1.29, 1.82) is 0 Å². The Bertz CT molecular complexity index is 393. The number of carbonyl (C=O) groups is 1. The van der Waals surface area contributed by atoms with E-state index in [-0.39, 0.29) is 5.91 Å². The second-order valence-corrected chi connectivity index (χ2v) is 5.55. The monoisotopic (exact) mass is 285 g/mol. The average molecular weight is 285 g/mol. The zero-order valence-corrected chi connectivity index (χ0v) is 12.7. The maximum absolute atomic E-state index is 11.3. The fourth-order valence-corrected chi connectivity index (χ4v) is 2.41. The first-order valence-electron chi connectivity index (χ1n) is 6.39. The average Bonchev–Trinajstić information content (AvgIpc) is 2.83. The van der Waals surface area contributed by atoms with Crippen LogP contribution in [0.3, 0.4) is 0 Å². The Morgan fingerprint density at radius 2 is 2.16 bits per heavy atom. The van der Waals surface area contributed by atoms with Gasteiger partial charge in [0.05, 0.1) is 5.69 Å². The van der Waals surface area contributed by atoms with Crippen molar-refractivity contribution in [2.24, 2.45) is 5.84 Å². The number of hydrazine groups is 1. The number of nitrogen functional groups attached to an aromatic ring is 1. The Kier molecular flexibility index (Phi) is 6.93. The molecule has 1 amide bonds. The van der Waals surface area contributed by atoms with E-state index in [9.17, 15) is 4.79 Å². The van der Waals surface area contributed by atoms with Crippen LogP contribution in [0.1, 0.15) is 28.8 Å². The molecule has 3 N–H and O–H groups in total. The molecule has 7 heteroatoms. The molecular formula is C12H23N5OS. The van der Waals surface area contributed by atoms with Gasteiger partial charge in [0.2, 0.25) is 0 Å². The summed E-state index contributed by atoms with van der Waals surface area (Å²) >= 11 is 1.33. The molecule has 6 nitrogen and oxygen atoms in total. The van der Waals surface area contributed by atoms with Crippen molar-refractivity contribution < 1.29 is 4.79 Å². The maximum atomic E-state index is 11.3. The quantitative estimate of drug-likeness (QED) is 0.414. The molecular weight excluding hydrogens is 262 g/mol. The number of thiazole rings is 1. The summed E-state index contributed by atoms with van der Waals surface area (Å²) in [6.45, 7) is 5.98. The number of rotatable bonds is 8. The molecule has 1 aromatic rings. The zero-order chi connectivity index (χ0) is 14.3. The molecule has 0 bridgehead atoms. The van der Waals surface area contributed by atoms with E-state index in [1.807, 2.05) is 5.38 Å². The van der Waals surface area contributed by atoms with Gasteiger partial charge in [-0.15, -0.1) is 11.3 Å². The summed E-state index contributed by atoms with van der Waals surface area (Å²) in [7, 11) is 4.13. The van der Waals surface area contributed by atoms with Crippen LogP contribution >= 0.6 is 11.3 Å². The molecule has 0 saturated heterocycles. The van der Waals surface area contributed by atoms with E-state index in [0.29, 0.717) is 5.01 Å². The van der Waals surface area contributed by atoms with Gasteiger partial charge in [-0.25, -0.2) is 10.8 Å². The van der Waals surface area contributed by atoms with Crippen molar-refractivity contribution in [2.45, 2.75) is 19.9 Å². The van der Waals surface area contributed by atoms with Crippen LogP contribution in [-0.4, -0.2) is 54.4 Å². The number of hydrogen-bond donors (Lipinski definition) is 2. The third-order valence-electron chi connectivity index (χ3n) is 2.67. The molecule has 0 aliphatic rings. The minimum absolute atomic E-state index is 0.327. The van der Waals surface area contributed by atoms with E-state index in [1.165, 1.54) is 11.3 Å². The Morgan fingerprint density at radius 3 is 2.74 bits per heavy atom. The van der Waals surface area contributed by atoms with E-state index in [0.717, 1.165) is 38.3 Å². The lowest BCUT2D eigenvalue weighted by Crippen LogP contribution is -2.32.